The number of carboxylic acids is 1. The molecule has 0 aromatic heterocycles. The Balaban J connectivity index is 2.80. The van der Waals surface area contributed by atoms with E-state index < -0.39 is 17.9 Å². The van der Waals surface area contributed by atoms with Gasteiger partial charge in [-0.05, 0) is 31.0 Å². The van der Waals surface area contributed by atoms with E-state index in [9.17, 15) is 9.59 Å². The number of amides is 1. The summed E-state index contributed by atoms with van der Waals surface area (Å²) in [6, 6.07) is 4.06. The molecular formula is C13H18N2O3. The summed E-state index contributed by atoms with van der Waals surface area (Å²) in [7, 11) is 0. The monoisotopic (exact) mass is 250 g/mol. The first-order valence-corrected chi connectivity index (χ1v) is 5.85. The first-order valence-electron chi connectivity index (χ1n) is 5.85. The lowest BCUT2D eigenvalue weighted by atomic mass is 10.1. The van der Waals surface area contributed by atoms with Gasteiger partial charge in [-0.3, -0.25) is 4.79 Å². The molecule has 0 heterocycles. The van der Waals surface area contributed by atoms with Crippen molar-refractivity contribution in [1.82, 2.24) is 5.32 Å². The molecule has 0 fully saturated rings. The van der Waals surface area contributed by atoms with Gasteiger partial charge in [-0.2, -0.15) is 0 Å². The molecule has 1 atom stereocenters. The van der Waals surface area contributed by atoms with Gasteiger partial charge < -0.3 is 16.2 Å². The van der Waals surface area contributed by atoms with Crippen LogP contribution >= 0.6 is 0 Å². The fraction of sp³-hybridized carbons (Fsp3) is 0.385. The Bertz CT molecular complexity index is 458. The molecule has 1 aromatic carbocycles. The molecule has 4 N–H and O–H groups in total. The number of hydrogen-bond acceptors (Lipinski definition) is 3. The summed E-state index contributed by atoms with van der Waals surface area (Å²) in [4.78, 5) is 22.8. The first kappa shape index (κ1) is 14.0. The van der Waals surface area contributed by atoms with Gasteiger partial charge in [0.25, 0.3) is 5.91 Å². The highest BCUT2D eigenvalue weighted by Gasteiger charge is 2.19. The van der Waals surface area contributed by atoms with Crippen LogP contribution in [0.3, 0.4) is 0 Å². The minimum Gasteiger partial charge on any atom is -0.480 e. The number of aliphatic carboxylic acids is 1. The highest BCUT2D eigenvalue weighted by Crippen LogP contribution is 2.13. The van der Waals surface area contributed by atoms with E-state index in [4.69, 9.17) is 10.8 Å². The molecule has 18 heavy (non-hydrogen) atoms. The summed E-state index contributed by atoms with van der Waals surface area (Å²) < 4.78 is 0. The van der Waals surface area contributed by atoms with Crippen molar-refractivity contribution in [1.29, 1.82) is 0 Å². The van der Waals surface area contributed by atoms with Crippen LogP contribution in [0.5, 0.6) is 0 Å². The smallest absolute Gasteiger partial charge is 0.326 e. The molecule has 0 radical (unpaired) electrons. The topological polar surface area (TPSA) is 92.4 Å². The molecule has 0 aliphatic carbocycles. The van der Waals surface area contributed by atoms with Crippen LogP contribution in [0.1, 0.15) is 35.7 Å². The summed E-state index contributed by atoms with van der Waals surface area (Å²) in [6.07, 6.45) is 1.09. The summed E-state index contributed by atoms with van der Waals surface area (Å²) in [5.74, 6) is -1.44. The molecule has 1 rings (SSSR count). The summed E-state index contributed by atoms with van der Waals surface area (Å²) in [5.41, 5.74) is 7.49. The molecule has 0 unspecified atom stereocenters. The van der Waals surface area contributed by atoms with E-state index in [0.717, 1.165) is 5.56 Å². The molecule has 0 saturated carbocycles. The van der Waals surface area contributed by atoms with E-state index >= 15 is 0 Å². The molecule has 0 bridgehead atoms. The van der Waals surface area contributed by atoms with Crippen LogP contribution in [0, 0.1) is 6.92 Å². The highest BCUT2D eigenvalue weighted by atomic mass is 16.4. The maximum absolute atomic E-state index is 11.9. The summed E-state index contributed by atoms with van der Waals surface area (Å²) >= 11 is 0. The minimum absolute atomic E-state index is 0.375. The Morgan fingerprint density at radius 1 is 1.44 bits per heavy atom. The molecule has 0 aliphatic rings. The third kappa shape index (κ3) is 3.48. The number of benzene rings is 1. The van der Waals surface area contributed by atoms with Crippen molar-refractivity contribution in [2.45, 2.75) is 32.7 Å². The van der Waals surface area contributed by atoms with Gasteiger partial charge in [0, 0.05) is 11.3 Å². The predicted molar refractivity (Wildman–Crippen MR) is 69.4 cm³/mol. The third-order valence-corrected chi connectivity index (χ3v) is 2.72. The van der Waals surface area contributed by atoms with Crippen LogP contribution < -0.4 is 11.1 Å². The van der Waals surface area contributed by atoms with E-state index in [1.165, 1.54) is 0 Å². The Morgan fingerprint density at radius 2 is 2.11 bits per heavy atom. The second-order valence-corrected chi connectivity index (χ2v) is 4.22. The van der Waals surface area contributed by atoms with Gasteiger partial charge in [0.2, 0.25) is 0 Å². The van der Waals surface area contributed by atoms with E-state index in [-0.39, 0.29) is 0 Å². The number of anilines is 1. The van der Waals surface area contributed by atoms with Gasteiger partial charge in [-0.1, -0.05) is 19.4 Å². The Labute approximate surface area is 106 Å². The molecule has 98 valence electrons. The maximum Gasteiger partial charge on any atom is 0.326 e. The van der Waals surface area contributed by atoms with Gasteiger partial charge in [0.15, 0.2) is 0 Å². The molecule has 0 saturated heterocycles. The van der Waals surface area contributed by atoms with E-state index in [2.05, 4.69) is 5.32 Å². The quantitative estimate of drug-likeness (QED) is 0.691. The number of nitrogen functional groups attached to an aromatic ring is 1. The van der Waals surface area contributed by atoms with Crippen LogP contribution in [0.25, 0.3) is 0 Å². The number of rotatable bonds is 5. The van der Waals surface area contributed by atoms with Gasteiger partial charge in [-0.25, -0.2) is 4.79 Å². The summed E-state index contributed by atoms with van der Waals surface area (Å²) in [6.45, 7) is 3.71. The molecule has 0 aliphatic heterocycles. The Hall–Kier alpha value is -2.04. The van der Waals surface area contributed by atoms with E-state index in [1.807, 2.05) is 13.8 Å². The number of carbonyl (C=O) groups excluding carboxylic acids is 1. The lowest BCUT2D eigenvalue weighted by Crippen LogP contribution is -2.40. The largest absolute Gasteiger partial charge is 0.480 e. The van der Waals surface area contributed by atoms with Crippen molar-refractivity contribution in [3.8, 4) is 0 Å². The van der Waals surface area contributed by atoms with Crippen molar-refractivity contribution < 1.29 is 14.7 Å². The third-order valence-electron chi connectivity index (χ3n) is 2.72. The van der Waals surface area contributed by atoms with E-state index in [0.29, 0.717) is 24.1 Å². The average molecular weight is 250 g/mol. The van der Waals surface area contributed by atoms with Crippen LogP contribution in [0.4, 0.5) is 5.69 Å². The number of nitrogens with one attached hydrogen (secondary N) is 1. The fourth-order valence-electron chi connectivity index (χ4n) is 1.57. The molecule has 1 amide bonds. The number of aryl methyl sites for hydroxylation is 1. The molecular weight excluding hydrogens is 232 g/mol. The molecule has 0 spiro atoms. The van der Waals surface area contributed by atoms with E-state index in [1.54, 1.807) is 18.2 Å². The second-order valence-electron chi connectivity index (χ2n) is 4.22. The van der Waals surface area contributed by atoms with Gasteiger partial charge in [0.05, 0.1) is 0 Å². The first-order chi connectivity index (χ1) is 8.45. The van der Waals surface area contributed by atoms with Gasteiger partial charge >= 0.3 is 5.97 Å². The van der Waals surface area contributed by atoms with Gasteiger partial charge in [0.1, 0.15) is 6.04 Å². The number of carbonyl (C=O) groups is 2. The SMILES string of the molecule is CCC[C@@H](NC(=O)c1ccc(C)c(N)c1)C(=O)O. The van der Waals surface area contributed by atoms with Gasteiger partial charge in [-0.15, -0.1) is 0 Å². The molecule has 5 heteroatoms. The fourth-order valence-corrected chi connectivity index (χ4v) is 1.57. The zero-order valence-electron chi connectivity index (χ0n) is 10.6. The second kappa shape index (κ2) is 6.05. The number of hydrogen-bond donors (Lipinski definition) is 3. The Morgan fingerprint density at radius 3 is 2.61 bits per heavy atom. The van der Waals surface area contributed by atoms with Crippen molar-refractivity contribution in [2.75, 3.05) is 5.73 Å². The number of nitrogens with two attached hydrogens (primary N) is 1. The van der Waals surface area contributed by atoms with Crippen molar-refractivity contribution >= 4 is 17.6 Å². The van der Waals surface area contributed by atoms with Crippen LogP contribution in [-0.4, -0.2) is 23.0 Å². The maximum atomic E-state index is 11.9. The zero-order chi connectivity index (χ0) is 13.7. The Kier molecular flexibility index (Phi) is 4.71. The van der Waals surface area contributed by atoms with Crippen LogP contribution in [-0.2, 0) is 4.79 Å². The van der Waals surface area contributed by atoms with Crippen LogP contribution in [0.15, 0.2) is 18.2 Å². The highest BCUT2D eigenvalue weighted by molar-refractivity contribution is 5.97. The molecule has 5 nitrogen and oxygen atoms in total. The summed E-state index contributed by atoms with van der Waals surface area (Å²) in [5, 5.41) is 11.4. The molecule has 1 aromatic rings. The normalized spacial score (nSPS) is 11.9. The minimum atomic E-state index is -1.02. The lowest BCUT2D eigenvalue weighted by Gasteiger charge is -2.14. The van der Waals surface area contributed by atoms with Crippen molar-refractivity contribution in [3.05, 3.63) is 29.3 Å². The zero-order valence-corrected chi connectivity index (χ0v) is 10.6. The predicted octanol–water partition coefficient (Wildman–Crippen LogP) is 1.56. The standard InChI is InChI=1S/C13H18N2O3/c1-3-4-11(13(17)18)15-12(16)9-6-5-8(2)10(14)7-9/h5-7,11H,3-4,14H2,1-2H3,(H,15,16)(H,17,18)/t11-/m1/s1. The van der Waals surface area contributed by atoms with Crippen molar-refractivity contribution in [2.24, 2.45) is 0 Å². The number of carboxylic acid groups (broad SMARTS) is 1. The average Bonchev–Trinajstić information content (AvgIpc) is 2.31. The van der Waals surface area contributed by atoms with Crippen LogP contribution in [0.2, 0.25) is 0 Å². The van der Waals surface area contributed by atoms with Crippen molar-refractivity contribution in [3.63, 3.8) is 0 Å². The lowest BCUT2D eigenvalue weighted by molar-refractivity contribution is -0.139.